The minimum absolute atomic E-state index is 0.844. The molecule has 0 radical (unpaired) electrons. The molecule has 1 aliphatic heterocycles. The molecule has 18 heavy (non-hydrogen) atoms. The second-order valence-corrected chi connectivity index (χ2v) is 5.95. The van der Waals surface area contributed by atoms with Gasteiger partial charge in [-0.1, -0.05) is 13.8 Å². The zero-order valence-electron chi connectivity index (χ0n) is 12.3. The number of rotatable bonds is 4. The van der Waals surface area contributed by atoms with Gasteiger partial charge in [-0.2, -0.15) is 5.10 Å². The number of hydrogen-bond acceptors (Lipinski definition) is 2. The normalized spacial score (nSPS) is 18.7. The molecule has 102 valence electrons. The molecule has 0 aliphatic carbocycles. The molecule has 2 rings (SSSR count). The van der Waals surface area contributed by atoms with Crippen molar-refractivity contribution < 1.29 is 0 Å². The highest BCUT2D eigenvalue weighted by Crippen LogP contribution is 2.25. The minimum Gasteiger partial charge on any atom is -0.299 e. The fourth-order valence-electron chi connectivity index (χ4n) is 2.89. The van der Waals surface area contributed by atoms with Gasteiger partial charge >= 0.3 is 0 Å². The molecule has 1 aliphatic rings. The number of hydrogen-bond donors (Lipinski definition) is 0. The molecule has 1 aromatic rings. The van der Waals surface area contributed by atoms with Crippen molar-refractivity contribution in [2.75, 3.05) is 13.1 Å². The van der Waals surface area contributed by atoms with Gasteiger partial charge in [-0.25, -0.2) is 0 Å². The summed E-state index contributed by atoms with van der Waals surface area (Å²) in [6, 6.07) is 0. The Morgan fingerprint density at radius 1 is 1.33 bits per heavy atom. The van der Waals surface area contributed by atoms with Crippen LogP contribution in [0.15, 0.2) is 6.20 Å². The molecule has 3 nitrogen and oxygen atoms in total. The highest BCUT2D eigenvalue weighted by atomic mass is 15.3. The molecule has 2 heterocycles. The van der Waals surface area contributed by atoms with Crippen LogP contribution in [0.1, 0.15) is 44.9 Å². The van der Waals surface area contributed by atoms with E-state index in [0.29, 0.717) is 0 Å². The Labute approximate surface area is 111 Å². The van der Waals surface area contributed by atoms with Crippen LogP contribution in [0.4, 0.5) is 0 Å². The third-order valence-electron chi connectivity index (χ3n) is 4.34. The Balaban J connectivity index is 1.89. The van der Waals surface area contributed by atoms with Gasteiger partial charge in [0.15, 0.2) is 0 Å². The lowest BCUT2D eigenvalue weighted by Crippen LogP contribution is -2.34. The van der Waals surface area contributed by atoms with Gasteiger partial charge < -0.3 is 0 Å². The number of likely N-dealkylation sites (tertiary alicyclic amines) is 1. The average molecular weight is 249 g/mol. The Morgan fingerprint density at radius 3 is 2.50 bits per heavy atom. The first kappa shape index (κ1) is 13.6. The van der Waals surface area contributed by atoms with Gasteiger partial charge in [0.25, 0.3) is 0 Å². The lowest BCUT2D eigenvalue weighted by molar-refractivity contribution is 0.152. The second-order valence-electron chi connectivity index (χ2n) is 5.95. The fourth-order valence-corrected chi connectivity index (χ4v) is 2.89. The lowest BCUT2D eigenvalue weighted by Gasteiger charge is -2.33. The van der Waals surface area contributed by atoms with Crippen LogP contribution in [0.3, 0.4) is 0 Å². The van der Waals surface area contributed by atoms with E-state index >= 15 is 0 Å². The van der Waals surface area contributed by atoms with Crippen LogP contribution in [0.5, 0.6) is 0 Å². The van der Waals surface area contributed by atoms with Crippen LogP contribution < -0.4 is 0 Å². The summed E-state index contributed by atoms with van der Waals surface area (Å²) in [4.78, 5) is 2.59. The maximum Gasteiger partial charge on any atom is 0.0638 e. The highest BCUT2D eigenvalue weighted by molar-refractivity contribution is 5.15. The van der Waals surface area contributed by atoms with E-state index in [0.717, 1.165) is 24.9 Å². The summed E-state index contributed by atoms with van der Waals surface area (Å²) >= 11 is 0. The van der Waals surface area contributed by atoms with Gasteiger partial charge in [0, 0.05) is 24.8 Å². The van der Waals surface area contributed by atoms with E-state index in [2.05, 4.69) is 43.9 Å². The zero-order chi connectivity index (χ0) is 13.1. The SMILES string of the molecule is CCn1cc(CN2CCC(C(C)C)CC2)c(C)n1. The third-order valence-corrected chi connectivity index (χ3v) is 4.34. The van der Waals surface area contributed by atoms with Gasteiger partial charge in [-0.3, -0.25) is 9.58 Å². The molecule has 3 heteroatoms. The molecule has 1 saturated heterocycles. The molecule has 1 fully saturated rings. The summed E-state index contributed by atoms with van der Waals surface area (Å²) in [6.45, 7) is 13.5. The van der Waals surface area contributed by atoms with Crippen LogP contribution in [0, 0.1) is 18.8 Å². The first-order valence-electron chi connectivity index (χ1n) is 7.35. The van der Waals surface area contributed by atoms with Crippen molar-refractivity contribution in [2.45, 2.75) is 53.6 Å². The van der Waals surface area contributed by atoms with Crippen LogP contribution in [0.2, 0.25) is 0 Å². The van der Waals surface area contributed by atoms with Crippen molar-refractivity contribution in [2.24, 2.45) is 11.8 Å². The van der Waals surface area contributed by atoms with Crippen LogP contribution in [-0.4, -0.2) is 27.8 Å². The van der Waals surface area contributed by atoms with E-state index in [-0.39, 0.29) is 0 Å². The predicted octanol–water partition coefficient (Wildman–Crippen LogP) is 3.08. The fraction of sp³-hybridized carbons (Fsp3) is 0.800. The molecule has 0 saturated carbocycles. The van der Waals surface area contributed by atoms with Crippen LogP contribution >= 0.6 is 0 Å². The molecule has 0 N–H and O–H groups in total. The van der Waals surface area contributed by atoms with Crippen molar-refractivity contribution in [3.63, 3.8) is 0 Å². The summed E-state index contributed by atoms with van der Waals surface area (Å²) in [5, 5.41) is 4.53. The average Bonchev–Trinajstić information content (AvgIpc) is 2.71. The van der Waals surface area contributed by atoms with E-state index in [1.165, 1.54) is 37.2 Å². The Hall–Kier alpha value is -0.830. The molecule has 0 atom stereocenters. The van der Waals surface area contributed by atoms with Crippen molar-refractivity contribution in [3.8, 4) is 0 Å². The summed E-state index contributed by atoms with van der Waals surface area (Å²) < 4.78 is 2.05. The van der Waals surface area contributed by atoms with E-state index < -0.39 is 0 Å². The summed E-state index contributed by atoms with van der Waals surface area (Å²) in [5.74, 6) is 1.78. The van der Waals surface area contributed by atoms with E-state index in [1.54, 1.807) is 0 Å². The van der Waals surface area contributed by atoms with Crippen LogP contribution in [0.25, 0.3) is 0 Å². The van der Waals surface area contributed by atoms with Gasteiger partial charge in [0.1, 0.15) is 0 Å². The lowest BCUT2D eigenvalue weighted by atomic mass is 9.86. The Kier molecular flexibility index (Phi) is 4.44. The standard InChI is InChI=1S/C15H27N3/c1-5-18-11-15(13(4)16-18)10-17-8-6-14(7-9-17)12(2)3/h11-12,14H,5-10H2,1-4H3. The number of piperidine rings is 1. The maximum absolute atomic E-state index is 4.53. The quantitative estimate of drug-likeness (QED) is 0.817. The summed E-state index contributed by atoms with van der Waals surface area (Å²) in [5.41, 5.74) is 2.60. The van der Waals surface area contributed by atoms with Crippen LogP contribution in [-0.2, 0) is 13.1 Å². The van der Waals surface area contributed by atoms with Crippen molar-refractivity contribution in [1.29, 1.82) is 0 Å². The van der Waals surface area contributed by atoms with Crippen molar-refractivity contribution >= 4 is 0 Å². The highest BCUT2D eigenvalue weighted by Gasteiger charge is 2.22. The smallest absolute Gasteiger partial charge is 0.0638 e. The predicted molar refractivity (Wildman–Crippen MR) is 75.5 cm³/mol. The third kappa shape index (κ3) is 3.14. The topological polar surface area (TPSA) is 21.1 Å². The van der Waals surface area contributed by atoms with Crippen molar-refractivity contribution in [1.82, 2.24) is 14.7 Å². The first-order valence-corrected chi connectivity index (χ1v) is 7.35. The second kappa shape index (κ2) is 5.87. The van der Waals surface area contributed by atoms with Gasteiger partial charge in [-0.15, -0.1) is 0 Å². The Morgan fingerprint density at radius 2 is 2.00 bits per heavy atom. The zero-order valence-corrected chi connectivity index (χ0v) is 12.3. The molecule has 0 aromatic carbocycles. The molecular formula is C15H27N3. The summed E-state index contributed by atoms with van der Waals surface area (Å²) in [7, 11) is 0. The van der Waals surface area contributed by atoms with Crippen molar-refractivity contribution in [3.05, 3.63) is 17.5 Å². The largest absolute Gasteiger partial charge is 0.299 e. The van der Waals surface area contributed by atoms with Gasteiger partial charge in [0.2, 0.25) is 0 Å². The van der Waals surface area contributed by atoms with E-state index in [9.17, 15) is 0 Å². The maximum atomic E-state index is 4.53. The van der Waals surface area contributed by atoms with E-state index in [1.807, 2.05) is 4.68 Å². The molecule has 0 bridgehead atoms. The van der Waals surface area contributed by atoms with Gasteiger partial charge in [0.05, 0.1) is 5.69 Å². The molecule has 0 amide bonds. The monoisotopic (exact) mass is 249 g/mol. The molecule has 1 aromatic heterocycles. The number of aromatic nitrogens is 2. The molecule has 0 unspecified atom stereocenters. The molecule has 0 spiro atoms. The number of nitrogens with zero attached hydrogens (tertiary/aromatic N) is 3. The Bertz CT molecular complexity index is 373. The summed E-state index contributed by atoms with van der Waals surface area (Å²) in [6.07, 6.45) is 4.93. The minimum atomic E-state index is 0.844. The van der Waals surface area contributed by atoms with E-state index in [4.69, 9.17) is 0 Å². The number of aryl methyl sites for hydroxylation is 2. The molecular weight excluding hydrogens is 222 g/mol. The first-order chi connectivity index (χ1) is 8.60. The van der Waals surface area contributed by atoms with Gasteiger partial charge in [-0.05, 0) is 51.6 Å².